The van der Waals surface area contributed by atoms with Crippen LogP contribution in [0.1, 0.15) is 33.1 Å². The lowest BCUT2D eigenvalue weighted by Crippen LogP contribution is -2.49. The number of anilines is 2. The molecule has 0 aromatic heterocycles. The molecule has 0 spiro atoms. The summed E-state index contributed by atoms with van der Waals surface area (Å²) >= 11 is 0. The first-order valence-corrected chi connectivity index (χ1v) is 14.0. The van der Waals surface area contributed by atoms with E-state index in [-0.39, 0.29) is 11.9 Å². The number of esters is 1. The second-order valence-corrected chi connectivity index (χ2v) is 10.4. The Labute approximate surface area is 248 Å². The van der Waals surface area contributed by atoms with Crippen molar-refractivity contribution in [2.24, 2.45) is 0 Å². The molecule has 0 bridgehead atoms. The Kier molecular flexibility index (Phi) is 8.82. The molecule has 6 nitrogen and oxygen atoms in total. The van der Waals surface area contributed by atoms with E-state index in [0.29, 0.717) is 48.6 Å². The van der Waals surface area contributed by atoms with E-state index < -0.39 is 17.8 Å². The zero-order chi connectivity index (χ0) is 30.6. The van der Waals surface area contributed by atoms with Crippen LogP contribution >= 0.6 is 0 Å². The minimum Gasteiger partial charge on any atom is -0.468 e. The molecule has 1 amide bonds. The molecule has 0 aliphatic carbocycles. The SMILES string of the molecule is COC(=O)C(c1ccccc1)N1CCN(c2ccc(NC(=O)c3ccccc3-c3ccc(C(F)(F)F)cc3)c(C)c2)CC1. The summed E-state index contributed by atoms with van der Waals surface area (Å²) in [6.45, 7) is 4.69. The highest BCUT2D eigenvalue weighted by atomic mass is 19.4. The van der Waals surface area contributed by atoms with Crippen LogP contribution in [0, 0.1) is 6.92 Å². The maximum Gasteiger partial charge on any atom is 0.416 e. The van der Waals surface area contributed by atoms with Crippen LogP contribution in [0.4, 0.5) is 24.5 Å². The van der Waals surface area contributed by atoms with E-state index in [4.69, 9.17) is 4.74 Å². The van der Waals surface area contributed by atoms with Gasteiger partial charge in [-0.05, 0) is 65.6 Å². The fourth-order valence-corrected chi connectivity index (χ4v) is 5.43. The Morgan fingerprint density at radius 1 is 0.837 bits per heavy atom. The maximum atomic E-state index is 13.3. The van der Waals surface area contributed by atoms with Gasteiger partial charge in [0, 0.05) is 43.1 Å². The lowest BCUT2D eigenvalue weighted by molar-refractivity contribution is -0.147. The van der Waals surface area contributed by atoms with Crippen molar-refractivity contribution in [1.29, 1.82) is 0 Å². The van der Waals surface area contributed by atoms with Crippen molar-refractivity contribution in [1.82, 2.24) is 4.90 Å². The van der Waals surface area contributed by atoms with Crippen molar-refractivity contribution in [3.05, 3.63) is 119 Å². The molecular weight excluding hydrogens is 555 g/mol. The normalized spacial score (nSPS) is 14.7. The molecule has 1 fully saturated rings. The first-order chi connectivity index (χ1) is 20.7. The van der Waals surface area contributed by atoms with Gasteiger partial charge in [0.1, 0.15) is 6.04 Å². The summed E-state index contributed by atoms with van der Waals surface area (Å²) in [7, 11) is 1.41. The molecule has 1 heterocycles. The Hall–Kier alpha value is -4.63. The highest BCUT2D eigenvalue weighted by Crippen LogP contribution is 2.33. The van der Waals surface area contributed by atoms with E-state index in [0.717, 1.165) is 28.9 Å². The van der Waals surface area contributed by atoms with Crippen LogP contribution in [0.3, 0.4) is 0 Å². The Bertz CT molecular complexity index is 1580. The van der Waals surface area contributed by atoms with Crippen LogP contribution in [-0.2, 0) is 15.7 Å². The summed E-state index contributed by atoms with van der Waals surface area (Å²) in [6.07, 6.45) is -4.43. The number of piperazine rings is 1. The van der Waals surface area contributed by atoms with Crippen LogP contribution in [0.25, 0.3) is 11.1 Å². The van der Waals surface area contributed by atoms with Gasteiger partial charge in [0.25, 0.3) is 5.91 Å². The number of carbonyl (C=O) groups is 2. The van der Waals surface area contributed by atoms with Crippen molar-refractivity contribution < 1.29 is 27.5 Å². The Morgan fingerprint density at radius 3 is 2.12 bits per heavy atom. The smallest absolute Gasteiger partial charge is 0.416 e. The molecule has 1 aliphatic heterocycles. The Morgan fingerprint density at radius 2 is 1.49 bits per heavy atom. The van der Waals surface area contributed by atoms with Crippen LogP contribution in [-0.4, -0.2) is 50.1 Å². The zero-order valence-electron chi connectivity index (χ0n) is 23.9. The van der Waals surface area contributed by atoms with Crippen molar-refractivity contribution in [3.63, 3.8) is 0 Å². The van der Waals surface area contributed by atoms with Crippen LogP contribution in [0.15, 0.2) is 97.1 Å². The first kappa shape index (κ1) is 29.8. The van der Waals surface area contributed by atoms with E-state index >= 15 is 0 Å². The molecule has 43 heavy (non-hydrogen) atoms. The number of halogens is 3. The largest absolute Gasteiger partial charge is 0.468 e. The molecule has 222 valence electrons. The molecule has 4 aromatic rings. The standard InChI is InChI=1S/C34H32F3N3O3/c1-23-22-27(39-18-20-40(21-19-39)31(33(42)43-2)25-8-4-3-5-9-25)16-17-30(23)38-32(41)29-11-7-6-10-28(29)24-12-14-26(15-13-24)34(35,36)37/h3-17,22,31H,18-21H2,1-2H3,(H,38,41). The van der Waals surface area contributed by atoms with E-state index in [1.807, 2.05) is 55.5 Å². The van der Waals surface area contributed by atoms with E-state index in [2.05, 4.69) is 15.1 Å². The van der Waals surface area contributed by atoms with Gasteiger partial charge in [-0.15, -0.1) is 0 Å². The summed E-state index contributed by atoms with van der Waals surface area (Å²) in [5.41, 5.74) is 4.11. The van der Waals surface area contributed by atoms with Gasteiger partial charge in [-0.1, -0.05) is 60.7 Å². The average molecular weight is 588 g/mol. The van der Waals surface area contributed by atoms with Crippen molar-refractivity contribution >= 4 is 23.3 Å². The number of benzene rings is 4. The third kappa shape index (κ3) is 6.73. The van der Waals surface area contributed by atoms with E-state index in [1.54, 1.807) is 24.3 Å². The van der Waals surface area contributed by atoms with Crippen molar-refractivity contribution in [3.8, 4) is 11.1 Å². The molecule has 1 aliphatic rings. The van der Waals surface area contributed by atoms with Gasteiger partial charge in [-0.3, -0.25) is 9.69 Å². The second kappa shape index (κ2) is 12.7. The summed E-state index contributed by atoms with van der Waals surface area (Å²) in [4.78, 5) is 30.3. The lowest BCUT2D eigenvalue weighted by Gasteiger charge is -2.39. The summed E-state index contributed by atoms with van der Waals surface area (Å²) in [5.74, 6) is -0.634. The second-order valence-electron chi connectivity index (χ2n) is 10.4. The number of amides is 1. The minimum absolute atomic E-state index is 0.282. The molecule has 1 atom stereocenters. The number of ether oxygens (including phenoxy) is 1. The first-order valence-electron chi connectivity index (χ1n) is 14.0. The number of methoxy groups -OCH3 is 1. The highest BCUT2D eigenvalue weighted by Gasteiger charge is 2.32. The van der Waals surface area contributed by atoms with Crippen LogP contribution < -0.4 is 10.2 Å². The number of hydrogen-bond donors (Lipinski definition) is 1. The summed E-state index contributed by atoms with van der Waals surface area (Å²) < 4.78 is 44.2. The summed E-state index contributed by atoms with van der Waals surface area (Å²) in [5, 5.41) is 2.96. The quantitative estimate of drug-likeness (QED) is 0.237. The van der Waals surface area contributed by atoms with Gasteiger partial charge < -0.3 is 15.0 Å². The minimum atomic E-state index is -4.43. The number of rotatable bonds is 7. The molecule has 1 unspecified atom stereocenters. The van der Waals surface area contributed by atoms with Gasteiger partial charge >= 0.3 is 12.1 Å². The average Bonchev–Trinajstić information content (AvgIpc) is 3.02. The highest BCUT2D eigenvalue weighted by molar-refractivity contribution is 6.09. The topological polar surface area (TPSA) is 61.9 Å². The monoisotopic (exact) mass is 587 g/mol. The molecule has 1 N–H and O–H groups in total. The zero-order valence-corrected chi connectivity index (χ0v) is 23.9. The number of aryl methyl sites for hydroxylation is 1. The van der Waals surface area contributed by atoms with Crippen molar-refractivity contribution in [2.75, 3.05) is 43.5 Å². The number of hydrogen-bond acceptors (Lipinski definition) is 5. The van der Waals surface area contributed by atoms with Gasteiger partial charge in [-0.25, -0.2) is 4.79 Å². The van der Waals surface area contributed by atoms with Gasteiger partial charge in [0.15, 0.2) is 0 Å². The fraction of sp³-hybridized carbons (Fsp3) is 0.235. The number of nitrogens with one attached hydrogen (secondary N) is 1. The Balaban J connectivity index is 1.27. The summed E-state index contributed by atoms with van der Waals surface area (Å²) in [6, 6.07) is 26.6. The third-order valence-corrected chi connectivity index (χ3v) is 7.74. The van der Waals surface area contributed by atoms with Crippen LogP contribution in [0.2, 0.25) is 0 Å². The van der Waals surface area contributed by atoms with E-state index in [9.17, 15) is 22.8 Å². The predicted molar refractivity (Wildman–Crippen MR) is 161 cm³/mol. The molecule has 5 rings (SSSR count). The molecule has 4 aromatic carbocycles. The van der Waals surface area contributed by atoms with Crippen LogP contribution in [0.5, 0.6) is 0 Å². The fourth-order valence-electron chi connectivity index (χ4n) is 5.43. The molecule has 9 heteroatoms. The molecule has 0 radical (unpaired) electrons. The van der Waals surface area contributed by atoms with Gasteiger partial charge in [0.2, 0.25) is 0 Å². The lowest BCUT2D eigenvalue weighted by atomic mass is 9.98. The third-order valence-electron chi connectivity index (χ3n) is 7.74. The number of alkyl halides is 3. The van der Waals surface area contributed by atoms with Gasteiger partial charge in [0.05, 0.1) is 12.7 Å². The molecule has 1 saturated heterocycles. The van der Waals surface area contributed by atoms with Gasteiger partial charge in [-0.2, -0.15) is 13.2 Å². The maximum absolute atomic E-state index is 13.3. The van der Waals surface area contributed by atoms with Crippen molar-refractivity contribution in [2.45, 2.75) is 19.1 Å². The van der Waals surface area contributed by atoms with E-state index in [1.165, 1.54) is 19.2 Å². The number of carbonyl (C=O) groups excluding carboxylic acids is 2. The predicted octanol–water partition coefficient (Wildman–Crippen LogP) is 6.97. The molecular formula is C34H32F3N3O3. The number of nitrogens with zero attached hydrogens (tertiary/aromatic N) is 2. The molecule has 0 saturated carbocycles.